The van der Waals surface area contributed by atoms with Gasteiger partial charge in [0.1, 0.15) is 0 Å². The first-order valence-corrected chi connectivity index (χ1v) is 10.8. The highest BCUT2D eigenvalue weighted by molar-refractivity contribution is 6.03. The average Bonchev–Trinajstić information content (AvgIpc) is 3.18. The standard InChI is InChI=1S/C25H31N3O/c1-18-12-13-22(15-19(18)2)23-16-24(21-10-5-4-6-11-21)28(26-23)25(29)17-27-14-8-7-9-20(27)3/h4-6,10-13,15,20,24H,7-9,14,16-17H2,1-3H3/t20-,24-/m0/s1. The van der Waals surface area contributed by atoms with Crippen molar-refractivity contribution in [2.75, 3.05) is 13.1 Å². The summed E-state index contributed by atoms with van der Waals surface area (Å²) >= 11 is 0. The Hall–Kier alpha value is -2.46. The van der Waals surface area contributed by atoms with E-state index in [0.29, 0.717) is 12.6 Å². The summed E-state index contributed by atoms with van der Waals surface area (Å²) in [7, 11) is 0. The molecule has 1 amide bonds. The predicted octanol–water partition coefficient (Wildman–Crippen LogP) is 4.86. The molecule has 152 valence electrons. The number of amides is 1. The third-order valence-electron chi connectivity index (χ3n) is 6.47. The monoisotopic (exact) mass is 389 g/mol. The van der Waals surface area contributed by atoms with Gasteiger partial charge in [0.2, 0.25) is 0 Å². The van der Waals surface area contributed by atoms with Crippen LogP contribution in [0, 0.1) is 13.8 Å². The number of hydrazone groups is 1. The van der Waals surface area contributed by atoms with Crippen LogP contribution in [-0.2, 0) is 4.79 Å². The van der Waals surface area contributed by atoms with Gasteiger partial charge in [-0.3, -0.25) is 9.69 Å². The van der Waals surface area contributed by atoms with Gasteiger partial charge in [0.15, 0.2) is 0 Å². The molecule has 0 N–H and O–H groups in total. The van der Waals surface area contributed by atoms with Gasteiger partial charge in [-0.15, -0.1) is 0 Å². The van der Waals surface area contributed by atoms with Crippen LogP contribution in [0.15, 0.2) is 53.6 Å². The minimum absolute atomic E-state index is 0.0274. The molecule has 0 unspecified atom stereocenters. The van der Waals surface area contributed by atoms with Crippen LogP contribution in [0.4, 0.5) is 0 Å². The molecule has 1 fully saturated rings. The van der Waals surface area contributed by atoms with E-state index in [-0.39, 0.29) is 11.9 Å². The van der Waals surface area contributed by atoms with Crippen molar-refractivity contribution in [3.8, 4) is 0 Å². The fraction of sp³-hybridized carbons (Fsp3) is 0.440. The van der Waals surface area contributed by atoms with Crippen molar-refractivity contribution in [1.82, 2.24) is 9.91 Å². The fourth-order valence-electron chi connectivity index (χ4n) is 4.41. The van der Waals surface area contributed by atoms with Gasteiger partial charge in [0, 0.05) is 12.5 Å². The summed E-state index contributed by atoms with van der Waals surface area (Å²) in [5, 5.41) is 6.60. The van der Waals surface area contributed by atoms with E-state index in [1.165, 1.54) is 30.4 Å². The summed E-state index contributed by atoms with van der Waals surface area (Å²) in [6, 6.07) is 17.2. The van der Waals surface area contributed by atoms with Gasteiger partial charge in [-0.1, -0.05) is 48.9 Å². The smallest absolute Gasteiger partial charge is 0.257 e. The third-order valence-corrected chi connectivity index (χ3v) is 6.47. The molecule has 2 aromatic carbocycles. The molecular formula is C25H31N3O. The lowest BCUT2D eigenvalue weighted by Crippen LogP contribution is -2.44. The lowest BCUT2D eigenvalue weighted by molar-refractivity contribution is -0.135. The van der Waals surface area contributed by atoms with E-state index >= 15 is 0 Å². The van der Waals surface area contributed by atoms with Gasteiger partial charge in [-0.05, 0) is 68.5 Å². The maximum absolute atomic E-state index is 13.3. The van der Waals surface area contributed by atoms with E-state index < -0.39 is 0 Å². The zero-order valence-corrected chi connectivity index (χ0v) is 17.8. The van der Waals surface area contributed by atoms with E-state index in [0.717, 1.165) is 29.8 Å². The number of hydrogen-bond donors (Lipinski definition) is 0. The van der Waals surface area contributed by atoms with E-state index in [1.54, 1.807) is 5.01 Å². The Morgan fingerprint density at radius 2 is 1.86 bits per heavy atom. The average molecular weight is 390 g/mol. The minimum Gasteiger partial charge on any atom is -0.292 e. The van der Waals surface area contributed by atoms with Crippen molar-refractivity contribution in [3.05, 3.63) is 70.8 Å². The Morgan fingerprint density at radius 3 is 2.59 bits per heavy atom. The molecule has 4 nitrogen and oxygen atoms in total. The van der Waals surface area contributed by atoms with Crippen LogP contribution in [0.25, 0.3) is 0 Å². The molecule has 0 bridgehead atoms. The molecule has 2 aliphatic rings. The molecule has 0 aromatic heterocycles. The molecule has 2 heterocycles. The van der Waals surface area contributed by atoms with E-state index in [2.05, 4.69) is 56.0 Å². The van der Waals surface area contributed by atoms with Gasteiger partial charge in [0.05, 0.1) is 18.3 Å². The number of nitrogens with zero attached hydrogens (tertiary/aromatic N) is 3. The number of hydrogen-bond acceptors (Lipinski definition) is 3. The molecule has 1 saturated heterocycles. The highest BCUT2D eigenvalue weighted by Gasteiger charge is 2.34. The Bertz CT molecular complexity index is 906. The Kier molecular flexibility index (Phi) is 5.81. The molecule has 2 aliphatic heterocycles. The van der Waals surface area contributed by atoms with E-state index in [9.17, 15) is 4.79 Å². The second kappa shape index (κ2) is 8.50. The first-order valence-electron chi connectivity index (χ1n) is 10.8. The molecule has 0 spiro atoms. The number of rotatable bonds is 4. The van der Waals surface area contributed by atoms with Gasteiger partial charge in [-0.2, -0.15) is 5.10 Å². The van der Waals surface area contributed by atoms with Crippen LogP contribution < -0.4 is 0 Å². The number of carbonyl (C=O) groups excluding carboxylic acids is 1. The predicted molar refractivity (Wildman–Crippen MR) is 118 cm³/mol. The molecule has 0 aliphatic carbocycles. The maximum atomic E-state index is 13.3. The molecule has 2 atom stereocenters. The Morgan fingerprint density at radius 1 is 1.07 bits per heavy atom. The second-order valence-electron chi connectivity index (χ2n) is 8.53. The van der Waals surface area contributed by atoms with Gasteiger partial charge >= 0.3 is 0 Å². The van der Waals surface area contributed by atoms with Crippen LogP contribution in [0.3, 0.4) is 0 Å². The van der Waals surface area contributed by atoms with E-state index in [4.69, 9.17) is 5.10 Å². The number of aryl methyl sites for hydroxylation is 2. The number of carbonyl (C=O) groups is 1. The second-order valence-corrected chi connectivity index (χ2v) is 8.53. The Labute approximate surface area is 174 Å². The van der Waals surface area contributed by atoms with Gasteiger partial charge in [0.25, 0.3) is 5.91 Å². The maximum Gasteiger partial charge on any atom is 0.257 e. The highest BCUT2D eigenvalue weighted by Crippen LogP contribution is 2.33. The van der Waals surface area contributed by atoms with Crippen molar-refractivity contribution in [3.63, 3.8) is 0 Å². The molecule has 4 heteroatoms. The van der Waals surface area contributed by atoms with Crippen molar-refractivity contribution in [1.29, 1.82) is 0 Å². The summed E-state index contributed by atoms with van der Waals surface area (Å²) in [5.74, 6) is 0.103. The topological polar surface area (TPSA) is 35.9 Å². The normalized spacial score (nSPS) is 22.6. The lowest BCUT2D eigenvalue weighted by atomic mass is 9.96. The van der Waals surface area contributed by atoms with E-state index in [1.807, 2.05) is 18.2 Å². The number of benzene rings is 2. The van der Waals surface area contributed by atoms with Gasteiger partial charge < -0.3 is 0 Å². The van der Waals surface area contributed by atoms with Crippen LogP contribution in [0.5, 0.6) is 0 Å². The van der Waals surface area contributed by atoms with Crippen LogP contribution in [0.2, 0.25) is 0 Å². The summed E-state index contributed by atoms with van der Waals surface area (Å²) in [6.07, 6.45) is 4.37. The Balaban J connectivity index is 1.61. The summed E-state index contributed by atoms with van der Waals surface area (Å²) < 4.78 is 0. The molecule has 4 rings (SSSR count). The molecule has 0 radical (unpaired) electrons. The van der Waals surface area contributed by atoms with Gasteiger partial charge in [-0.25, -0.2) is 5.01 Å². The number of piperidine rings is 1. The number of likely N-dealkylation sites (tertiary alicyclic amines) is 1. The van der Waals surface area contributed by atoms with Crippen LogP contribution >= 0.6 is 0 Å². The van der Waals surface area contributed by atoms with Crippen molar-refractivity contribution < 1.29 is 4.79 Å². The molecule has 0 saturated carbocycles. The molecule has 2 aromatic rings. The summed E-state index contributed by atoms with van der Waals surface area (Å²) in [4.78, 5) is 15.6. The zero-order valence-electron chi connectivity index (χ0n) is 17.8. The van der Waals surface area contributed by atoms with Crippen LogP contribution in [0.1, 0.15) is 60.9 Å². The largest absolute Gasteiger partial charge is 0.292 e. The fourth-order valence-corrected chi connectivity index (χ4v) is 4.41. The summed E-state index contributed by atoms with van der Waals surface area (Å²) in [5.41, 5.74) is 5.81. The van der Waals surface area contributed by atoms with Crippen molar-refractivity contribution in [2.45, 2.75) is 58.5 Å². The SMILES string of the molecule is Cc1ccc(C2=NN(C(=O)CN3CCCC[C@@H]3C)[C@H](c3ccccc3)C2)cc1C. The molecule has 29 heavy (non-hydrogen) atoms. The first kappa shape index (κ1) is 19.8. The third kappa shape index (κ3) is 4.27. The minimum atomic E-state index is -0.0274. The quantitative estimate of drug-likeness (QED) is 0.749. The first-order chi connectivity index (χ1) is 14.0. The summed E-state index contributed by atoms with van der Waals surface area (Å²) in [6.45, 7) is 7.94. The van der Waals surface area contributed by atoms with Crippen molar-refractivity contribution in [2.24, 2.45) is 5.10 Å². The van der Waals surface area contributed by atoms with Crippen molar-refractivity contribution >= 4 is 11.6 Å². The van der Waals surface area contributed by atoms with Crippen LogP contribution in [-0.4, -0.2) is 40.7 Å². The molecular weight excluding hydrogens is 358 g/mol. The highest BCUT2D eigenvalue weighted by atomic mass is 16.2. The zero-order chi connectivity index (χ0) is 20.4. The lowest BCUT2D eigenvalue weighted by Gasteiger charge is -2.34.